The number of nitrogens with one attached hydrogen (secondary N) is 3. The largest absolute Gasteiger partial charge is 0.343 e. The Kier molecular flexibility index (Phi) is 6.42. The Labute approximate surface area is 181 Å². The summed E-state index contributed by atoms with van der Waals surface area (Å²) in [5, 5.41) is 6.40. The molecule has 0 aliphatic rings. The van der Waals surface area contributed by atoms with Crippen LogP contribution in [0.1, 0.15) is 31.1 Å². The van der Waals surface area contributed by atoms with Crippen LogP contribution in [0.5, 0.6) is 0 Å². The van der Waals surface area contributed by atoms with Crippen molar-refractivity contribution in [2.75, 3.05) is 11.9 Å². The molecule has 0 aliphatic heterocycles. The number of hydrogen-bond acceptors (Lipinski definition) is 4. The fourth-order valence-corrected chi connectivity index (χ4v) is 4.77. The van der Waals surface area contributed by atoms with Gasteiger partial charge in [0, 0.05) is 27.6 Å². The standard InChI is InChI=1S/C23H25N3O4S/c1-23(2,3)26-31(29,30)20-14-8-11-17-18(20)12-7-13-19(17)25-21(27)15-24-22(28)16-9-5-4-6-10-16/h4-14,26H,15H2,1-3H3,(H,24,28)(H,25,27). The van der Waals surface area contributed by atoms with E-state index in [1.807, 2.05) is 0 Å². The highest BCUT2D eigenvalue weighted by atomic mass is 32.2. The lowest BCUT2D eigenvalue weighted by atomic mass is 10.1. The topological polar surface area (TPSA) is 104 Å². The van der Waals surface area contributed by atoms with Gasteiger partial charge in [0.05, 0.1) is 11.4 Å². The van der Waals surface area contributed by atoms with Gasteiger partial charge in [0.2, 0.25) is 15.9 Å². The molecule has 0 bridgehead atoms. The lowest BCUT2D eigenvalue weighted by molar-refractivity contribution is -0.115. The van der Waals surface area contributed by atoms with E-state index in [-0.39, 0.29) is 17.3 Å². The molecule has 7 nitrogen and oxygen atoms in total. The van der Waals surface area contributed by atoms with Crippen LogP contribution in [0.25, 0.3) is 10.8 Å². The predicted molar refractivity (Wildman–Crippen MR) is 121 cm³/mol. The second-order valence-corrected chi connectivity index (χ2v) is 9.76. The Morgan fingerprint density at radius 1 is 0.839 bits per heavy atom. The summed E-state index contributed by atoms with van der Waals surface area (Å²) < 4.78 is 28.4. The minimum absolute atomic E-state index is 0.133. The first-order valence-corrected chi connectivity index (χ1v) is 11.2. The van der Waals surface area contributed by atoms with E-state index in [9.17, 15) is 18.0 Å². The Hall–Kier alpha value is -3.23. The van der Waals surface area contributed by atoms with Crippen LogP contribution in [0.2, 0.25) is 0 Å². The highest BCUT2D eigenvalue weighted by molar-refractivity contribution is 7.89. The molecule has 0 spiro atoms. The second kappa shape index (κ2) is 8.87. The van der Waals surface area contributed by atoms with Crippen molar-refractivity contribution >= 4 is 38.3 Å². The highest BCUT2D eigenvalue weighted by Gasteiger charge is 2.24. The first-order valence-electron chi connectivity index (χ1n) is 9.76. The Balaban J connectivity index is 1.80. The van der Waals surface area contributed by atoms with Crippen molar-refractivity contribution in [2.45, 2.75) is 31.2 Å². The van der Waals surface area contributed by atoms with E-state index in [2.05, 4.69) is 15.4 Å². The number of fused-ring (bicyclic) bond motifs is 1. The van der Waals surface area contributed by atoms with Crippen LogP contribution in [0.4, 0.5) is 5.69 Å². The molecule has 3 aromatic carbocycles. The maximum atomic E-state index is 12.9. The van der Waals surface area contributed by atoms with E-state index in [0.717, 1.165) is 0 Å². The molecule has 0 unspecified atom stereocenters. The summed E-state index contributed by atoms with van der Waals surface area (Å²) >= 11 is 0. The van der Waals surface area contributed by atoms with Gasteiger partial charge in [-0.1, -0.05) is 42.5 Å². The maximum absolute atomic E-state index is 12.9. The van der Waals surface area contributed by atoms with Gasteiger partial charge < -0.3 is 10.6 Å². The van der Waals surface area contributed by atoms with Gasteiger partial charge in [-0.25, -0.2) is 13.1 Å². The molecule has 0 atom stereocenters. The van der Waals surface area contributed by atoms with Crippen molar-refractivity contribution < 1.29 is 18.0 Å². The number of hydrogen-bond donors (Lipinski definition) is 3. The van der Waals surface area contributed by atoms with Crippen LogP contribution in [-0.2, 0) is 14.8 Å². The van der Waals surface area contributed by atoms with Gasteiger partial charge in [0.15, 0.2) is 0 Å². The van der Waals surface area contributed by atoms with E-state index in [0.29, 0.717) is 22.0 Å². The number of anilines is 1. The molecule has 162 valence electrons. The van der Waals surface area contributed by atoms with Crippen LogP contribution in [0.15, 0.2) is 71.6 Å². The molecule has 0 aliphatic carbocycles. The lowest BCUT2D eigenvalue weighted by Crippen LogP contribution is -2.40. The Morgan fingerprint density at radius 3 is 2.16 bits per heavy atom. The van der Waals surface area contributed by atoms with Crippen molar-refractivity contribution in [3.05, 3.63) is 72.3 Å². The first kappa shape index (κ1) is 22.5. The van der Waals surface area contributed by atoms with E-state index < -0.39 is 21.5 Å². The van der Waals surface area contributed by atoms with E-state index in [1.165, 1.54) is 6.07 Å². The van der Waals surface area contributed by atoms with Crippen LogP contribution in [0.3, 0.4) is 0 Å². The van der Waals surface area contributed by atoms with E-state index in [4.69, 9.17) is 0 Å². The molecule has 8 heteroatoms. The van der Waals surface area contributed by atoms with Crippen LogP contribution in [0, 0.1) is 0 Å². The molecule has 3 N–H and O–H groups in total. The van der Waals surface area contributed by atoms with Crippen molar-refractivity contribution in [2.24, 2.45) is 0 Å². The molecule has 3 aromatic rings. The van der Waals surface area contributed by atoms with Crippen molar-refractivity contribution in [3.8, 4) is 0 Å². The molecule has 0 radical (unpaired) electrons. The number of amides is 2. The Morgan fingerprint density at radius 2 is 1.48 bits per heavy atom. The average Bonchev–Trinajstić information content (AvgIpc) is 2.70. The number of sulfonamides is 1. The fourth-order valence-electron chi connectivity index (χ4n) is 3.13. The minimum Gasteiger partial charge on any atom is -0.343 e. The summed E-state index contributed by atoms with van der Waals surface area (Å²) in [6.45, 7) is 5.09. The molecule has 0 saturated carbocycles. The lowest BCUT2D eigenvalue weighted by Gasteiger charge is -2.21. The summed E-state index contributed by atoms with van der Waals surface area (Å²) in [5.41, 5.74) is 0.287. The van der Waals surface area contributed by atoms with Gasteiger partial charge in [-0.05, 0) is 45.0 Å². The summed E-state index contributed by atoms with van der Waals surface area (Å²) in [6.07, 6.45) is 0. The van der Waals surface area contributed by atoms with Gasteiger partial charge in [0.25, 0.3) is 5.91 Å². The molecule has 0 heterocycles. The Bertz CT molecular complexity index is 1220. The summed E-state index contributed by atoms with van der Waals surface area (Å²) in [6, 6.07) is 18.6. The number of carbonyl (C=O) groups excluding carboxylic acids is 2. The highest BCUT2D eigenvalue weighted by Crippen LogP contribution is 2.29. The fraction of sp³-hybridized carbons (Fsp3) is 0.217. The van der Waals surface area contributed by atoms with Crippen molar-refractivity contribution in [1.29, 1.82) is 0 Å². The molecule has 3 rings (SSSR count). The smallest absolute Gasteiger partial charge is 0.251 e. The molecule has 0 aromatic heterocycles. The number of benzene rings is 3. The molecule has 2 amide bonds. The second-order valence-electron chi connectivity index (χ2n) is 8.11. The van der Waals surface area contributed by atoms with Gasteiger partial charge in [0.1, 0.15) is 0 Å². The summed E-state index contributed by atoms with van der Waals surface area (Å²) in [7, 11) is -3.76. The molecule has 0 fully saturated rings. The van der Waals surface area contributed by atoms with Gasteiger partial charge >= 0.3 is 0 Å². The van der Waals surface area contributed by atoms with E-state index in [1.54, 1.807) is 81.4 Å². The quantitative estimate of drug-likeness (QED) is 0.548. The zero-order chi connectivity index (χ0) is 22.6. The van der Waals surface area contributed by atoms with E-state index >= 15 is 0 Å². The summed E-state index contributed by atoms with van der Waals surface area (Å²) in [5.74, 6) is -0.770. The van der Waals surface area contributed by atoms with Gasteiger partial charge in [-0.2, -0.15) is 0 Å². The predicted octanol–water partition coefficient (Wildman–Crippen LogP) is 3.29. The zero-order valence-corrected chi connectivity index (χ0v) is 18.4. The molecule has 31 heavy (non-hydrogen) atoms. The van der Waals surface area contributed by atoms with Gasteiger partial charge in [-0.15, -0.1) is 0 Å². The normalized spacial score (nSPS) is 11.8. The molecular formula is C23H25N3O4S. The number of rotatable bonds is 6. The first-order chi connectivity index (χ1) is 14.6. The SMILES string of the molecule is CC(C)(C)NS(=O)(=O)c1cccc2c(NC(=O)CNC(=O)c3ccccc3)cccc12. The third-order valence-corrected chi connectivity index (χ3v) is 6.15. The molecule has 0 saturated heterocycles. The third-order valence-electron chi connectivity index (χ3n) is 4.33. The third kappa shape index (κ3) is 5.68. The van der Waals surface area contributed by atoms with Crippen molar-refractivity contribution in [3.63, 3.8) is 0 Å². The van der Waals surface area contributed by atoms with Crippen LogP contribution < -0.4 is 15.4 Å². The monoisotopic (exact) mass is 439 g/mol. The summed E-state index contributed by atoms with van der Waals surface area (Å²) in [4.78, 5) is 24.7. The maximum Gasteiger partial charge on any atom is 0.251 e. The average molecular weight is 440 g/mol. The zero-order valence-electron chi connectivity index (χ0n) is 17.6. The van der Waals surface area contributed by atoms with Crippen LogP contribution in [-0.4, -0.2) is 32.3 Å². The molecular weight excluding hydrogens is 414 g/mol. The number of carbonyl (C=O) groups is 2. The van der Waals surface area contributed by atoms with Crippen molar-refractivity contribution in [1.82, 2.24) is 10.0 Å². The van der Waals surface area contributed by atoms with Gasteiger partial charge in [-0.3, -0.25) is 9.59 Å². The van der Waals surface area contributed by atoms with Crippen LogP contribution >= 0.6 is 0 Å². The minimum atomic E-state index is -3.76.